The topological polar surface area (TPSA) is 266 Å². The van der Waals surface area contributed by atoms with E-state index in [4.69, 9.17) is 34.9 Å². The molecule has 0 unspecified atom stereocenters. The number of ether oxygens (including phenoxy) is 4. The van der Waals surface area contributed by atoms with Crippen LogP contribution < -0.4 is 15.4 Å². The molecule has 438 valence electrons. The van der Waals surface area contributed by atoms with Gasteiger partial charge >= 0.3 is 0 Å². The van der Waals surface area contributed by atoms with Crippen LogP contribution >= 0.6 is 0 Å². The van der Waals surface area contributed by atoms with Gasteiger partial charge in [-0.05, 0) is 148 Å². The summed E-state index contributed by atoms with van der Waals surface area (Å²) >= 11 is 0. The highest BCUT2D eigenvalue weighted by atomic mass is 16.5. The third-order valence-corrected chi connectivity index (χ3v) is 12.3. The van der Waals surface area contributed by atoms with Gasteiger partial charge in [0.15, 0.2) is 17.3 Å². The number of phenols is 1. The Morgan fingerprint density at radius 2 is 1.04 bits per heavy atom. The maximum absolute atomic E-state index is 12.2. The number of Topliss-reactive ketones (excluding diaryl/α,β-unsaturated/α-hetero) is 1. The van der Waals surface area contributed by atoms with Crippen molar-refractivity contribution in [2.75, 3.05) is 79.5 Å². The fourth-order valence-electron chi connectivity index (χ4n) is 7.54. The Kier molecular flexibility index (Phi) is 33.9. The number of aromatic hydroxyl groups is 1. The molecule has 19 nitrogen and oxygen atoms in total. The molecule has 0 radical (unpaired) electrons. The molecule has 2 aliphatic rings. The second kappa shape index (κ2) is 38.0. The lowest BCUT2D eigenvalue weighted by molar-refractivity contribution is -0.123. The number of unbranched alkanes of at least 4 members (excludes halogenated alkanes) is 2. The van der Waals surface area contributed by atoms with E-state index in [0.29, 0.717) is 88.5 Å². The van der Waals surface area contributed by atoms with Gasteiger partial charge in [-0.2, -0.15) is 10.2 Å². The molecule has 2 fully saturated rings. The van der Waals surface area contributed by atoms with Crippen LogP contribution in [-0.2, 0) is 33.4 Å². The van der Waals surface area contributed by atoms with Crippen molar-refractivity contribution < 1.29 is 53.1 Å². The van der Waals surface area contributed by atoms with Crippen molar-refractivity contribution in [1.82, 2.24) is 20.4 Å². The molecule has 2 aromatic carbocycles. The van der Waals surface area contributed by atoms with Crippen LogP contribution in [0.1, 0.15) is 123 Å². The number of ketones is 3. The van der Waals surface area contributed by atoms with Gasteiger partial charge in [-0.1, -0.05) is 56.6 Å². The van der Waals surface area contributed by atoms with Crippen LogP contribution in [0.5, 0.6) is 11.5 Å². The fraction of sp³-hybridized carbons (Fsp3) is 0.550. The first-order valence-corrected chi connectivity index (χ1v) is 27.1. The number of carbonyl (C=O) groups excluding carboxylic acids is 5. The number of hydrogen-bond acceptors (Lipinski definition) is 15. The number of likely N-dealkylation sites (tertiary alicyclic amines) is 2. The molecule has 2 amide bonds. The number of methoxy groups -OCH3 is 1. The smallest absolute Gasteiger partial charge is 0.244 e. The lowest BCUT2D eigenvalue weighted by Crippen LogP contribution is -2.58. The van der Waals surface area contributed by atoms with E-state index >= 15 is 0 Å². The minimum Gasteiger partial charge on any atom is -0.508 e. The monoisotopic (exact) mass is 1100 g/mol. The minimum absolute atomic E-state index is 0.0107. The number of nitrogens with one attached hydrogen (secondary N) is 4. The van der Waals surface area contributed by atoms with E-state index < -0.39 is 28.1 Å². The van der Waals surface area contributed by atoms with Crippen molar-refractivity contribution in [2.24, 2.45) is 10.2 Å². The Morgan fingerprint density at radius 1 is 0.620 bits per heavy atom. The third kappa shape index (κ3) is 29.8. The zero-order valence-electron chi connectivity index (χ0n) is 48.2. The molecule has 2 aliphatic heterocycles. The van der Waals surface area contributed by atoms with E-state index in [1.54, 1.807) is 55.6 Å². The van der Waals surface area contributed by atoms with E-state index in [1.165, 1.54) is 38.2 Å². The number of nitrogens with zero attached hydrogens (tertiary/aromatic N) is 4. The molecular formula is C60H92N8O11. The molecule has 0 saturated carbocycles. The Balaban J connectivity index is 0.000000602. The van der Waals surface area contributed by atoms with Crippen LogP contribution in [0, 0.1) is 10.8 Å². The summed E-state index contributed by atoms with van der Waals surface area (Å²) in [4.78, 5) is 61.8. The number of hydrogen-bond donors (Lipinski definition) is 6. The van der Waals surface area contributed by atoms with Crippen molar-refractivity contribution in [2.45, 2.75) is 134 Å². The van der Waals surface area contributed by atoms with Gasteiger partial charge in [0.1, 0.15) is 45.4 Å². The number of rotatable bonds is 32. The highest BCUT2D eigenvalue weighted by molar-refractivity contribution is 6.01. The van der Waals surface area contributed by atoms with Gasteiger partial charge in [0.2, 0.25) is 11.8 Å². The van der Waals surface area contributed by atoms with Crippen molar-refractivity contribution in [1.29, 1.82) is 10.8 Å². The van der Waals surface area contributed by atoms with Crippen LogP contribution in [-0.4, -0.2) is 163 Å². The predicted molar refractivity (Wildman–Crippen MR) is 311 cm³/mol. The largest absolute Gasteiger partial charge is 0.508 e. The van der Waals surface area contributed by atoms with E-state index in [-0.39, 0.29) is 48.8 Å². The molecule has 2 saturated heterocycles. The minimum atomic E-state index is -1.28. The van der Waals surface area contributed by atoms with Gasteiger partial charge in [-0.3, -0.25) is 34.8 Å². The molecule has 0 spiro atoms. The van der Waals surface area contributed by atoms with Crippen molar-refractivity contribution in [3.8, 4) is 11.5 Å². The van der Waals surface area contributed by atoms with Crippen LogP contribution in [0.15, 0.2) is 115 Å². The molecule has 0 aliphatic carbocycles. The zero-order chi connectivity index (χ0) is 59.3. The number of phenolic OH excluding ortho intramolecular Hbond substituents is 1. The maximum atomic E-state index is 12.2. The summed E-state index contributed by atoms with van der Waals surface area (Å²) in [6, 6.07) is 15.3. The lowest BCUT2D eigenvalue weighted by Gasteiger charge is -2.34. The summed E-state index contributed by atoms with van der Waals surface area (Å²) in [6.07, 6.45) is 13.7. The summed E-state index contributed by atoms with van der Waals surface area (Å²) in [7, 11) is 1.59. The summed E-state index contributed by atoms with van der Waals surface area (Å²) < 4.78 is 22.3. The highest BCUT2D eigenvalue weighted by Gasteiger charge is 2.35. The number of carbonyl (C=O) groups is 5. The van der Waals surface area contributed by atoms with Crippen molar-refractivity contribution in [3.05, 3.63) is 111 Å². The second-order valence-corrected chi connectivity index (χ2v) is 20.6. The van der Waals surface area contributed by atoms with Gasteiger partial charge in [-0.25, -0.2) is 0 Å². The summed E-state index contributed by atoms with van der Waals surface area (Å²) in [5, 5.41) is 49.4. The van der Waals surface area contributed by atoms with Gasteiger partial charge in [0.05, 0.1) is 26.9 Å². The number of aliphatic hydroxyl groups is 1. The summed E-state index contributed by atoms with van der Waals surface area (Å²) in [5.74, 6) is 1.18. The SMILES string of the molecule is C=CC(=O)CCCCOCC(COCCCCC(=O)C=C)(COCCCNC(=O)C=C)NC(=O)C=C.CC(C)(N=NC(C)(C)C(=N)N1CCCC1)C(=N)N1CCCC1.CC(C)(O)C(=O)c1ccccc1.COc1ccc(O)cc1. The van der Waals surface area contributed by atoms with Crippen LogP contribution in [0.2, 0.25) is 0 Å². The van der Waals surface area contributed by atoms with Gasteiger partial charge in [0, 0.05) is 70.9 Å². The van der Waals surface area contributed by atoms with E-state index in [1.807, 2.05) is 33.8 Å². The normalized spacial score (nSPS) is 13.3. The molecule has 2 aromatic rings. The molecule has 19 heteroatoms. The predicted octanol–water partition coefficient (Wildman–Crippen LogP) is 8.80. The van der Waals surface area contributed by atoms with E-state index in [2.05, 4.69) is 57.0 Å². The van der Waals surface area contributed by atoms with Gasteiger partial charge < -0.3 is 49.6 Å². The molecule has 0 bridgehead atoms. The number of azo groups is 1. The molecular weight excluding hydrogens is 1010 g/mol. The molecule has 2 heterocycles. The average molecular weight is 1100 g/mol. The Hall–Kier alpha value is -6.67. The van der Waals surface area contributed by atoms with Crippen molar-refractivity contribution >= 4 is 40.8 Å². The molecule has 6 N–H and O–H groups in total. The van der Waals surface area contributed by atoms with Crippen LogP contribution in [0.4, 0.5) is 0 Å². The molecule has 0 atom stereocenters. The molecule has 79 heavy (non-hydrogen) atoms. The van der Waals surface area contributed by atoms with E-state index in [0.717, 1.165) is 57.6 Å². The molecule has 4 rings (SSSR count). The van der Waals surface area contributed by atoms with Crippen LogP contribution in [0.3, 0.4) is 0 Å². The molecule has 0 aromatic heterocycles. The number of amidine groups is 2. The zero-order valence-corrected chi connectivity index (χ0v) is 48.2. The number of benzene rings is 2. The first-order valence-electron chi connectivity index (χ1n) is 27.1. The third-order valence-electron chi connectivity index (χ3n) is 12.3. The Labute approximate surface area is 470 Å². The number of amides is 2. The second-order valence-electron chi connectivity index (χ2n) is 20.6. The summed E-state index contributed by atoms with van der Waals surface area (Å²) in [5.41, 5.74) is -2.96. The highest BCUT2D eigenvalue weighted by Crippen LogP contribution is 2.24. The van der Waals surface area contributed by atoms with Gasteiger partial charge in [0.25, 0.3) is 0 Å². The first-order chi connectivity index (χ1) is 37.4. The standard InChI is InChI=1S/C27H42N2O7.C16H30N6.C10H12O2.C7H8O2/c1-5-23(30)14-9-11-17-34-20-27(29-26(33)8-4,21-35-18-12-10-15-24(31)6-2)22-36-19-13-16-28-25(32)7-3;1-15(2,13(17)21-9-5-6-10-21)19-20-16(3,4)14(18)22-11-7-8-12-22;1-10(2,12)9(11)8-6-4-3-5-7-8;1-9-7-4-2-6(8)3-5-7/h5-8H,1-4,9-22H2,(H,28,32)(H,29,33);17-18H,5-12H2,1-4H3;3-7,12H,1-2H3;2-5,8H,1H3. The van der Waals surface area contributed by atoms with Crippen LogP contribution in [0.25, 0.3) is 0 Å². The lowest BCUT2D eigenvalue weighted by atomic mass is 9.97. The quantitative estimate of drug-likeness (QED) is 0.0100. The van der Waals surface area contributed by atoms with Gasteiger partial charge in [-0.15, -0.1) is 0 Å². The Morgan fingerprint density at radius 3 is 1.42 bits per heavy atom. The maximum Gasteiger partial charge on any atom is 0.244 e. The first kappa shape index (κ1) is 70.3. The summed E-state index contributed by atoms with van der Waals surface area (Å²) in [6.45, 7) is 30.3. The Bertz CT molecular complexity index is 2130. The number of allylic oxidation sites excluding steroid dienone is 2. The average Bonchev–Trinajstić information content (AvgIpc) is 4.21. The van der Waals surface area contributed by atoms with E-state index in [9.17, 15) is 29.1 Å². The van der Waals surface area contributed by atoms with Crippen molar-refractivity contribution in [3.63, 3.8) is 0 Å². The fourth-order valence-corrected chi connectivity index (χ4v) is 7.54.